The molecule has 0 saturated carbocycles. The number of aryl methyl sites for hydroxylation is 1. The molecule has 1 aromatic heterocycles. The number of ether oxygens (including phenoxy) is 2. The summed E-state index contributed by atoms with van der Waals surface area (Å²) in [6.45, 7) is 5.07. The molecule has 0 aliphatic heterocycles. The number of nitrogens with zero attached hydrogens (tertiary/aromatic N) is 3. The predicted molar refractivity (Wildman–Crippen MR) is 76.9 cm³/mol. The molecule has 0 bridgehead atoms. The minimum absolute atomic E-state index is 0.643. The van der Waals surface area contributed by atoms with Gasteiger partial charge in [-0.15, -0.1) is 0 Å². The molecule has 0 unspecified atom stereocenters. The minimum Gasteiger partial charge on any atom is -0.385 e. The molecule has 0 saturated heterocycles. The zero-order chi connectivity index (χ0) is 14.1. The first-order chi connectivity index (χ1) is 9.21. The van der Waals surface area contributed by atoms with Gasteiger partial charge < -0.3 is 19.7 Å². The van der Waals surface area contributed by atoms with Crippen LogP contribution < -0.4 is 10.2 Å². The Morgan fingerprint density at radius 1 is 1.16 bits per heavy atom. The van der Waals surface area contributed by atoms with E-state index in [2.05, 4.69) is 20.2 Å². The highest BCUT2D eigenvalue weighted by Gasteiger charge is 2.10. The van der Waals surface area contributed by atoms with E-state index in [9.17, 15) is 0 Å². The third-order valence-corrected chi connectivity index (χ3v) is 2.73. The lowest BCUT2D eigenvalue weighted by Gasteiger charge is -2.24. The van der Waals surface area contributed by atoms with Gasteiger partial charge in [-0.25, -0.2) is 4.98 Å². The lowest BCUT2D eigenvalue weighted by Crippen LogP contribution is -2.30. The summed E-state index contributed by atoms with van der Waals surface area (Å²) in [7, 11) is 5.24. The second-order valence-corrected chi connectivity index (χ2v) is 4.27. The summed E-state index contributed by atoms with van der Waals surface area (Å²) in [5.41, 5.74) is 0.948. The molecule has 0 spiro atoms. The fraction of sp³-hybridized carbons (Fsp3) is 0.692. The van der Waals surface area contributed by atoms with Gasteiger partial charge in [0.15, 0.2) is 0 Å². The van der Waals surface area contributed by atoms with Crippen LogP contribution in [0.15, 0.2) is 6.07 Å². The van der Waals surface area contributed by atoms with Crippen LogP contribution in [0.2, 0.25) is 0 Å². The van der Waals surface area contributed by atoms with Gasteiger partial charge in [-0.3, -0.25) is 0 Å². The molecule has 0 fully saturated rings. The maximum Gasteiger partial charge on any atom is 0.224 e. The van der Waals surface area contributed by atoms with Crippen LogP contribution in [-0.4, -0.2) is 57.5 Å². The van der Waals surface area contributed by atoms with Gasteiger partial charge in [0.1, 0.15) is 5.82 Å². The van der Waals surface area contributed by atoms with Gasteiger partial charge in [0, 0.05) is 52.7 Å². The average Bonchev–Trinajstić information content (AvgIpc) is 2.42. The zero-order valence-electron chi connectivity index (χ0n) is 12.3. The molecule has 19 heavy (non-hydrogen) atoms. The highest BCUT2D eigenvalue weighted by Crippen LogP contribution is 2.15. The molecule has 1 rings (SSSR count). The van der Waals surface area contributed by atoms with Crippen LogP contribution in [0, 0.1) is 6.92 Å². The van der Waals surface area contributed by atoms with Gasteiger partial charge >= 0.3 is 0 Å². The van der Waals surface area contributed by atoms with Crippen molar-refractivity contribution in [1.82, 2.24) is 9.97 Å². The third kappa shape index (κ3) is 5.40. The van der Waals surface area contributed by atoms with Crippen LogP contribution in [0.5, 0.6) is 0 Å². The fourth-order valence-electron chi connectivity index (χ4n) is 1.77. The van der Waals surface area contributed by atoms with E-state index in [0.29, 0.717) is 12.6 Å². The van der Waals surface area contributed by atoms with Crippen LogP contribution in [-0.2, 0) is 9.47 Å². The van der Waals surface area contributed by atoms with E-state index in [4.69, 9.17) is 9.47 Å². The lowest BCUT2D eigenvalue weighted by molar-refractivity contribution is 0.191. The first kappa shape index (κ1) is 15.7. The van der Waals surface area contributed by atoms with Crippen molar-refractivity contribution in [1.29, 1.82) is 0 Å². The molecule has 0 aliphatic rings. The maximum atomic E-state index is 5.15. The van der Waals surface area contributed by atoms with Crippen LogP contribution in [0.3, 0.4) is 0 Å². The van der Waals surface area contributed by atoms with Gasteiger partial charge in [0.05, 0.1) is 6.61 Å². The van der Waals surface area contributed by atoms with Gasteiger partial charge in [-0.1, -0.05) is 0 Å². The van der Waals surface area contributed by atoms with E-state index in [1.54, 1.807) is 14.2 Å². The Bertz CT molecular complexity index is 374. The summed E-state index contributed by atoms with van der Waals surface area (Å²) in [6, 6.07) is 1.99. The smallest absolute Gasteiger partial charge is 0.224 e. The Hall–Kier alpha value is -1.40. The molecule has 0 atom stereocenters. The zero-order valence-corrected chi connectivity index (χ0v) is 12.3. The lowest BCUT2D eigenvalue weighted by atomic mass is 10.3. The fourth-order valence-corrected chi connectivity index (χ4v) is 1.77. The number of methoxy groups -OCH3 is 2. The molecule has 1 heterocycles. The molecule has 6 heteroatoms. The van der Waals surface area contributed by atoms with Crippen molar-refractivity contribution in [2.24, 2.45) is 0 Å². The summed E-state index contributed by atoms with van der Waals surface area (Å²) >= 11 is 0. The number of nitrogens with one attached hydrogen (secondary N) is 1. The average molecular weight is 268 g/mol. The molecule has 1 N–H and O–H groups in total. The van der Waals surface area contributed by atoms with Crippen molar-refractivity contribution >= 4 is 11.8 Å². The summed E-state index contributed by atoms with van der Waals surface area (Å²) in [6.07, 6.45) is 0.956. The van der Waals surface area contributed by atoms with E-state index < -0.39 is 0 Å². The van der Waals surface area contributed by atoms with Crippen molar-refractivity contribution in [2.75, 3.05) is 57.8 Å². The van der Waals surface area contributed by atoms with Crippen LogP contribution in [0.1, 0.15) is 12.1 Å². The monoisotopic (exact) mass is 268 g/mol. The first-order valence-corrected chi connectivity index (χ1v) is 6.47. The van der Waals surface area contributed by atoms with Crippen LogP contribution in [0.25, 0.3) is 0 Å². The molecule has 6 nitrogen and oxygen atoms in total. The molecule has 1 aromatic rings. The number of anilines is 2. The van der Waals surface area contributed by atoms with Gasteiger partial charge in [-0.2, -0.15) is 4.98 Å². The highest BCUT2D eigenvalue weighted by atomic mass is 16.5. The quantitative estimate of drug-likeness (QED) is 0.682. The van der Waals surface area contributed by atoms with Gasteiger partial charge in [0.2, 0.25) is 5.95 Å². The standard InChI is InChI=1S/C13H24N4O2/c1-11-10-12(16-13(14-2)15-11)17(7-9-19-4)6-5-8-18-3/h10H,5-9H2,1-4H3,(H,14,15,16). The van der Waals surface area contributed by atoms with E-state index >= 15 is 0 Å². The minimum atomic E-state index is 0.643. The largest absolute Gasteiger partial charge is 0.385 e. The summed E-state index contributed by atoms with van der Waals surface area (Å²) in [5.74, 6) is 1.56. The van der Waals surface area contributed by atoms with Gasteiger partial charge in [0.25, 0.3) is 0 Å². The summed E-state index contributed by atoms with van der Waals surface area (Å²) in [4.78, 5) is 11.0. The molecular formula is C13H24N4O2. The second kappa shape index (κ2) is 8.66. The normalized spacial score (nSPS) is 10.5. The van der Waals surface area contributed by atoms with Crippen molar-refractivity contribution in [3.63, 3.8) is 0 Å². The number of aromatic nitrogens is 2. The molecular weight excluding hydrogens is 244 g/mol. The number of hydrogen-bond acceptors (Lipinski definition) is 6. The van der Waals surface area contributed by atoms with Crippen LogP contribution in [0.4, 0.5) is 11.8 Å². The second-order valence-electron chi connectivity index (χ2n) is 4.27. The number of rotatable bonds is 9. The van der Waals surface area contributed by atoms with E-state index in [-0.39, 0.29) is 0 Å². The van der Waals surface area contributed by atoms with Gasteiger partial charge in [-0.05, 0) is 13.3 Å². The molecule has 0 radical (unpaired) electrons. The van der Waals surface area contributed by atoms with Crippen molar-refractivity contribution in [3.05, 3.63) is 11.8 Å². The van der Waals surface area contributed by atoms with E-state index in [1.807, 2.05) is 20.0 Å². The molecule has 108 valence electrons. The topological polar surface area (TPSA) is 59.5 Å². The highest BCUT2D eigenvalue weighted by molar-refractivity contribution is 5.44. The van der Waals surface area contributed by atoms with Crippen molar-refractivity contribution in [2.45, 2.75) is 13.3 Å². The molecule has 0 aromatic carbocycles. The van der Waals surface area contributed by atoms with E-state index in [1.165, 1.54) is 0 Å². The summed E-state index contributed by atoms with van der Waals surface area (Å²) in [5, 5.41) is 2.98. The Balaban J connectivity index is 2.79. The van der Waals surface area contributed by atoms with Crippen molar-refractivity contribution in [3.8, 4) is 0 Å². The SMILES string of the molecule is CNc1nc(C)cc(N(CCCOC)CCOC)n1. The van der Waals surface area contributed by atoms with Crippen LogP contribution >= 0.6 is 0 Å². The Morgan fingerprint density at radius 2 is 1.89 bits per heavy atom. The molecule has 0 aliphatic carbocycles. The Labute approximate surface area is 115 Å². The predicted octanol–water partition coefficient (Wildman–Crippen LogP) is 1.32. The maximum absolute atomic E-state index is 5.15. The first-order valence-electron chi connectivity index (χ1n) is 6.47. The summed E-state index contributed by atoms with van der Waals surface area (Å²) < 4.78 is 10.3. The van der Waals surface area contributed by atoms with Crippen molar-refractivity contribution < 1.29 is 9.47 Å². The third-order valence-electron chi connectivity index (χ3n) is 2.73. The van der Waals surface area contributed by atoms with E-state index in [0.717, 1.165) is 37.6 Å². The number of hydrogen-bond donors (Lipinski definition) is 1. The Morgan fingerprint density at radius 3 is 2.53 bits per heavy atom. The molecule has 0 amide bonds. The Kier molecular flexibility index (Phi) is 7.14.